The number of nitrogens with one attached hydrogen (secondary N) is 1. The summed E-state index contributed by atoms with van der Waals surface area (Å²) in [7, 11) is 1.59. The molecular weight excluding hydrogens is 278 g/mol. The van der Waals surface area contributed by atoms with Crippen LogP contribution in [0.5, 0.6) is 0 Å². The van der Waals surface area contributed by atoms with Crippen LogP contribution in [-0.4, -0.2) is 29.5 Å². The Morgan fingerprint density at radius 3 is 2.95 bits per heavy atom. The second-order valence-electron chi connectivity index (χ2n) is 5.41. The second kappa shape index (κ2) is 7.09. The van der Waals surface area contributed by atoms with Crippen molar-refractivity contribution in [1.29, 1.82) is 0 Å². The van der Waals surface area contributed by atoms with E-state index in [4.69, 9.17) is 16.3 Å². The minimum Gasteiger partial charge on any atom is -0.383 e. The van der Waals surface area contributed by atoms with Crippen LogP contribution in [0.2, 0.25) is 5.02 Å². The number of ether oxygens (including phenoxy) is 1. The van der Waals surface area contributed by atoms with Crippen LogP contribution in [0.15, 0.2) is 11.0 Å². The molecule has 1 heterocycles. The Labute approximate surface area is 124 Å². The van der Waals surface area contributed by atoms with Crippen molar-refractivity contribution in [3.05, 3.63) is 21.6 Å². The van der Waals surface area contributed by atoms with Crippen LogP contribution < -0.4 is 10.9 Å². The highest BCUT2D eigenvalue weighted by molar-refractivity contribution is 6.32. The van der Waals surface area contributed by atoms with Gasteiger partial charge in [-0.3, -0.25) is 4.79 Å². The van der Waals surface area contributed by atoms with Gasteiger partial charge in [-0.05, 0) is 18.8 Å². The third kappa shape index (κ3) is 3.52. The highest BCUT2D eigenvalue weighted by Crippen LogP contribution is 2.28. The number of halogens is 1. The van der Waals surface area contributed by atoms with Crippen LogP contribution in [0.4, 0.5) is 5.69 Å². The van der Waals surface area contributed by atoms with E-state index in [1.807, 2.05) is 0 Å². The zero-order valence-electron chi connectivity index (χ0n) is 12.1. The molecule has 0 aromatic carbocycles. The van der Waals surface area contributed by atoms with Gasteiger partial charge in [0.15, 0.2) is 0 Å². The monoisotopic (exact) mass is 299 g/mol. The fourth-order valence-electron chi connectivity index (χ4n) is 2.63. The zero-order valence-corrected chi connectivity index (χ0v) is 12.8. The summed E-state index contributed by atoms with van der Waals surface area (Å²) < 4.78 is 6.28. The topological polar surface area (TPSA) is 56.1 Å². The number of aromatic nitrogens is 2. The lowest BCUT2D eigenvalue weighted by molar-refractivity contribution is 0.182. The lowest BCUT2D eigenvalue weighted by atomic mass is 9.86. The van der Waals surface area contributed by atoms with Crippen molar-refractivity contribution in [2.45, 2.75) is 45.2 Å². The van der Waals surface area contributed by atoms with Gasteiger partial charge in [-0.1, -0.05) is 31.4 Å². The van der Waals surface area contributed by atoms with Gasteiger partial charge >= 0.3 is 0 Å². The molecule has 1 N–H and O–H groups in total. The Balaban J connectivity index is 2.12. The van der Waals surface area contributed by atoms with E-state index in [2.05, 4.69) is 17.3 Å². The standard InChI is InChI=1S/C14H22ClN3O2/c1-10-5-3-4-6-11(10)17-12-9-16-18(7-8-20-2)14(19)13(12)15/h9-11,17H,3-8H2,1-2H3. The van der Waals surface area contributed by atoms with Crippen LogP contribution in [0, 0.1) is 5.92 Å². The van der Waals surface area contributed by atoms with Crippen molar-refractivity contribution >= 4 is 17.3 Å². The van der Waals surface area contributed by atoms with Crippen molar-refractivity contribution in [1.82, 2.24) is 9.78 Å². The first-order valence-electron chi connectivity index (χ1n) is 7.14. The van der Waals surface area contributed by atoms with E-state index < -0.39 is 0 Å². The largest absolute Gasteiger partial charge is 0.383 e. The SMILES string of the molecule is COCCn1ncc(NC2CCCCC2C)c(Cl)c1=O. The van der Waals surface area contributed by atoms with Crippen LogP contribution in [0.3, 0.4) is 0 Å². The molecule has 1 aliphatic rings. The molecule has 1 aromatic rings. The van der Waals surface area contributed by atoms with E-state index in [1.54, 1.807) is 13.3 Å². The van der Waals surface area contributed by atoms with Gasteiger partial charge in [-0.15, -0.1) is 0 Å². The van der Waals surface area contributed by atoms with Crippen LogP contribution in [-0.2, 0) is 11.3 Å². The summed E-state index contributed by atoms with van der Waals surface area (Å²) in [5.41, 5.74) is 0.376. The van der Waals surface area contributed by atoms with Crippen molar-refractivity contribution in [3.63, 3.8) is 0 Å². The molecule has 6 heteroatoms. The van der Waals surface area contributed by atoms with Gasteiger partial charge in [0.05, 0.1) is 25.0 Å². The molecule has 20 heavy (non-hydrogen) atoms. The summed E-state index contributed by atoms with van der Waals surface area (Å²) >= 11 is 6.17. The maximum absolute atomic E-state index is 12.1. The lowest BCUT2D eigenvalue weighted by Gasteiger charge is -2.30. The molecule has 0 spiro atoms. The molecule has 2 atom stereocenters. The molecule has 1 saturated carbocycles. The molecule has 0 radical (unpaired) electrons. The number of methoxy groups -OCH3 is 1. The van der Waals surface area contributed by atoms with Crippen LogP contribution >= 0.6 is 11.6 Å². The molecule has 0 saturated heterocycles. The van der Waals surface area contributed by atoms with E-state index in [0.29, 0.717) is 30.8 Å². The maximum atomic E-state index is 12.1. The summed E-state index contributed by atoms with van der Waals surface area (Å²) in [5, 5.41) is 7.74. The zero-order chi connectivity index (χ0) is 14.5. The second-order valence-corrected chi connectivity index (χ2v) is 5.78. The minimum atomic E-state index is -0.267. The van der Waals surface area contributed by atoms with Crippen molar-refractivity contribution in [2.24, 2.45) is 5.92 Å². The summed E-state index contributed by atoms with van der Waals surface area (Å²) in [5.74, 6) is 0.593. The Hall–Kier alpha value is -1.07. The van der Waals surface area contributed by atoms with E-state index >= 15 is 0 Å². The molecule has 112 valence electrons. The van der Waals surface area contributed by atoms with Gasteiger partial charge in [0.1, 0.15) is 5.02 Å². The fraction of sp³-hybridized carbons (Fsp3) is 0.714. The molecule has 0 aliphatic heterocycles. The number of rotatable bonds is 5. The highest BCUT2D eigenvalue weighted by atomic mass is 35.5. The summed E-state index contributed by atoms with van der Waals surface area (Å²) in [6.07, 6.45) is 6.47. The highest BCUT2D eigenvalue weighted by Gasteiger charge is 2.22. The predicted molar refractivity (Wildman–Crippen MR) is 80.4 cm³/mol. The Kier molecular flexibility index (Phi) is 5.43. The molecular formula is C14H22ClN3O2. The number of hydrogen-bond acceptors (Lipinski definition) is 4. The van der Waals surface area contributed by atoms with E-state index in [1.165, 1.54) is 23.9 Å². The van der Waals surface area contributed by atoms with Crippen LogP contribution in [0.25, 0.3) is 0 Å². The quantitative estimate of drug-likeness (QED) is 0.908. The lowest BCUT2D eigenvalue weighted by Crippen LogP contribution is -2.32. The van der Waals surface area contributed by atoms with Crippen LogP contribution in [0.1, 0.15) is 32.6 Å². The van der Waals surface area contributed by atoms with Gasteiger partial charge in [0.2, 0.25) is 0 Å². The number of anilines is 1. The Morgan fingerprint density at radius 2 is 2.25 bits per heavy atom. The average molecular weight is 300 g/mol. The third-order valence-corrected chi connectivity index (χ3v) is 4.31. The Bertz CT molecular complexity index is 504. The van der Waals surface area contributed by atoms with E-state index in [-0.39, 0.29) is 10.6 Å². The maximum Gasteiger partial charge on any atom is 0.287 e. The normalized spacial score (nSPS) is 22.8. The first kappa shape index (κ1) is 15.3. The van der Waals surface area contributed by atoms with E-state index in [0.717, 1.165) is 6.42 Å². The number of nitrogens with zero attached hydrogens (tertiary/aromatic N) is 2. The molecule has 0 amide bonds. The average Bonchev–Trinajstić information content (AvgIpc) is 2.45. The van der Waals surface area contributed by atoms with Crippen molar-refractivity contribution < 1.29 is 4.74 Å². The molecule has 1 aromatic heterocycles. The van der Waals surface area contributed by atoms with Gasteiger partial charge in [-0.25, -0.2) is 4.68 Å². The third-order valence-electron chi connectivity index (χ3n) is 3.94. The smallest absolute Gasteiger partial charge is 0.287 e. The van der Waals surface area contributed by atoms with E-state index in [9.17, 15) is 4.79 Å². The molecule has 2 unspecified atom stereocenters. The minimum absolute atomic E-state index is 0.217. The molecule has 1 fully saturated rings. The van der Waals surface area contributed by atoms with Gasteiger partial charge in [0, 0.05) is 13.2 Å². The first-order valence-corrected chi connectivity index (χ1v) is 7.52. The molecule has 1 aliphatic carbocycles. The van der Waals surface area contributed by atoms with Gasteiger partial charge < -0.3 is 10.1 Å². The Morgan fingerprint density at radius 1 is 1.50 bits per heavy atom. The predicted octanol–water partition coefficient (Wildman–Crippen LogP) is 2.53. The van der Waals surface area contributed by atoms with Gasteiger partial charge in [-0.2, -0.15) is 5.10 Å². The summed E-state index contributed by atoms with van der Waals surface area (Å²) in [6.45, 7) is 3.09. The van der Waals surface area contributed by atoms with Gasteiger partial charge in [0.25, 0.3) is 5.56 Å². The summed E-state index contributed by atoms with van der Waals surface area (Å²) in [6, 6.07) is 0.372. The fourth-order valence-corrected chi connectivity index (χ4v) is 2.83. The van der Waals surface area contributed by atoms with Crippen molar-refractivity contribution in [3.8, 4) is 0 Å². The van der Waals surface area contributed by atoms with Crippen molar-refractivity contribution in [2.75, 3.05) is 19.0 Å². The summed E-state index contributed by atoms with van der Waals surface area (Å²) in [4.78, 5) is 12.1. The molecule has 2 rings (SSSR count). The molecule has 0 bridgehead atoms. The first-order chi connectivity index (χ1) is 9.63. The molecule has 5 nitrogen and oxygen atoms in total. The number of hydrogen-bond donors (Lipinski definition) is 1.